The standard InChI is InChI=1S/C33H47NO3/c1-6-34(7-2)21-23-8-13-30(31(19-23)36-5)37-17-15-25-9-12-29-32-22(3)18-24-20-26(35)10-11-27(24)28(32)14-16-33(25,29)4/h8,10-11,13,19-20,22,25,28-29,32,35H,6-7,9,12,14-18,21H2,1-5H3/t22-,25-,28?,29+,32-,33-/m1/s1. The van der Waals surface area contributed by atoms with Crippen LogP contribution in [-0.4, -0.2) is 36.8 Å². The highest BCUT2D eigenvalue weighted by molar-refractivity contribution is 5.43. The predicted octanol–water partition coefficient (Wildman–Crippen LogP) is 7.43. The van der Waals surface area contributed by atoms with Gasteiger partial charge in [-0.3, -0.25) is 4.90 Å². The summed E-state index contributed by atoms with van der Waals surface area (Å²) in [4.78, 5) is 2.41. The van der Waals surface area contributed by atoms with Gasteiger partial charge in [0.15, 0.2) is 11.5 Å². The number of ether oxygens (including phenoxy) is 2. The summed E-state index contributed by atoms with van der Waals surface area (Å²) in [5.74, 6) is 5.75. The van der Waals surface area contributed by atoms with E-state index in [1.54, 1.807) is 7.11 Å². The summed E-state index contributed by atoms with van der Waals surface area (Å²) < 4.78 is 12.1. The van der Waals surface area contributed by atoms with E-state index in [0.29, 0.717) is 23.0 Å². The maximum Gasteiger partial charge on any atom is 0.161 e. The van der Waals surface area contributed by atoms with Crippen molar-refractivity contribution in [2.75, 3.05) is 26.8 Å². The predicted molar refractivity (Wildman–Crippen MR) is 150 cm³/mol. The quantitative estimate of drug-likeness (QED) is 0.385. The highest BCUT2D eigenvalue weighted by atomic mass is 16.5. The lowest BCUT2D eigenvalue weighted by Gasteiger charge is -2.53. The number of benzene rings is 2. The second-order valence-electron chi connectivity index (χ2n) is 12.3. The van der Waals surface area contributed by atoms with E-state index in [9.17, 15) is 5.11 Å². The van der Waals surface area contributed by atoms with Gasteiger partial charge in [-0.1, -0.05) is 39.8 Å². The van der Waals surface area contributed by atoms with Crippen LogP contribution in [-0.2, 0) is 13.0 Å². The molecule has 1 N–H and O–H groups in total. The summed E-state index contributed by atoms with van der Waals surface area (Å²) in [6.45, 7) is 13.3. The maximum absolute atomic E-state index is 10.0. The van der Waals surface area contributed by atoms with Gasteiger partial charge in [0, 0.05) is 6.54 Å². The lowest BCUT2D eigenvalue weighted by atomic mass is 9.51. The monoisotopic (exact) mass is 505 g/mol. The molecular weight excluding hydrogens is 458 g/mol. The molecule has 0 aromatic heterocycles. The molecule has 2 aromatic carbocycles. The molecule has 37 heavy (non-hydrogen) atoms. The molecule has 6 atom stereocenters. The van der Waals surface area contributed by atoms with Crippen molar-refractivity contribution in [3.63, 3.8) is 0 Å². The fourth-order valence-electron chi connectivity index (χ4n) is 8.49. The number of methoxy groups -OCH3 is 1. The van der Waals surface area contributed by atoms with Gasteiger partial charge in [0.2, 0.25) is 0 Å². The lowest BCUT2D eigenvalue weighted by molar-refractivity contribution is 0.000862. The van der Waals surface area contributed by atoms with Crippen LogP contribution in [0.25, 0.3) is 0 Å². The Morgan fingerprint density at radius 2 is 1.84 bits per heavy atom. The number of phenolic OH excluding ortho intramolecular Hbond substituents is 1. The Hall–Kier alpha value is -2.20. The average molecular weight is 506 g/mol. The van der Waals surface area contributed by atoms with Crippen molar-refractivity contribution in [3.8, 4) is 17.2 Å². The van der Waals surface area contributed by atoms with Gasteiger partial charge in [0.25, 0.3) is 0 Å². The summed E-state index contributed by atoms with van der Waals surface area (Å²) in [6.07, 6.45) is 7.48. The van der Waals surface area contributed by atoms with Crippen molar-refractivity contribution in [1.82, 2.24) is 4.90 Å². The molecule has 4 nitrogen and oxygen atoms in total. The van der Waals surface area contributed by atoms with Crippen molar-refractivity contribution < 1.29 is 14.6 Å². The maximum atomic E-state index is 10.0. The Kier molecular flexibility index (Phi) is 7.77. The molecule has 4 heteroatoms. The second-order valence-corrected chi connectivity index (χ2v) is 12.3. The van der Waals surface area contributed by atoms with Crippen LogP contribution in [0, 0.1) is 29.1 Å². The molecule has 2 fully saturated rings. The number of fused-ring (bicyclic) bond motifs is 5. The molecule has 0 aliphatic heterocycles. The van der Waals surface area contributed by atoms with E-state index in [2.05, 4.69) is 56.9 Å². The third-order valence-electron chi connectivity index (χ3n) is 10.5. The number of rotatable bonds is 9. The van der Waals surface area contributed by atoms with Crippen molar-refractivity contribution in [2.24, 2.45) is 29.1 Å². The lowest BCUT2D eigenvalue weighted by Crippen LogP contribution is -2.45. The SMILES string of the molecule is CCN(CC)Cc1ccc(OCC[C@H]2CC[C@H]3[C@H]4C(CC[C@]23C)c2ccc(O)cc2C[C@H]4C)c(OC)c1. The number of nitrogens with zero attached hydrogens (tertiary/aromatic N) is 1. The summed E-state index contributed by atoms with van der Waals surface area (Å²) in [7, 11) is 1.75. The Morgan fingerprint density at radius 1 is 1.03 bits per heavy atom. The molecule has 0 saturated heterocycles. The average Bonchev–Trinajstić information content (AvgIpc) is 3.23. The second kappa shape index (κ2) is 10.9. The van der Waals surface area contributed by atoms with Crippen molar-refractivity contribution in [2.45, 2.75) is 78.7 Å². The molecule has 2 saturated carbocycles. The van der Waals surface area contributed by atoms with Gasteiger partial charge >= 0.3 is 0 Å². The number of hydrogen-bond acceptors (Lipinski definition) is 4. The summed E-state index contributed by atoms with van der Waals surface area (Å²) >= 11 is 0. The normalized spacial score (nSPS) is 30.5. The molecule has 5 rings (SSSR count). The van der Waals surface area contributed by atoms with Crippen molar-refractivity contribution in [3.05, 3.63) is 53.1 Å². The fourth-order valence-corrected chi connectivity index (χ4v) is 8.49. The molecule has 0 amide bonds. The number of aromatic hydroxyl groups is 1. The van der Waals surface area contributed by atoms with Gasteiger partial charge in [-0.15, -0.1) is 0 Å². The highest BCUT2D eigenvalue weighted by Gasteiger charge is 2.55. The Morgan fingerprint density at radius 3 is 2.59 bits per heavy atom. The van der Waals surface area contributed by atoms with E-state index >= 15 is 0 Å². The third-order valence-corrected chi connectivity index (χ3v) is 10.5. The summed E-state index contributed by atoms with van der Waals surface area (Å²) in [5, 5.41) is 10.0. The minimum atomic E-state index is 0.408. The van der Waals surface area contributed by atoms with Crippen LogP contribution in [0.1, 0.15) is 82.4 Å². The number of hydrogen-bond donors (Lipinski definition) is 1. The van der Waals surface area contributed by atoms with E-state index in [-0.39, 0.29) is 0 Å². The van der Waals surface area contributed by atoms with Crippen LogP contribution in [0.15, 0.2) is 36.4 Å². The van der Waals surface area contributed by atoms with Gasteiger partial charge in [-0.05, 0) is 128 Å². The van der Waals surface area contributed by atoms with Crippen LogP contribution in [0.3, 0.4) is 0 Å². The minimum absolute atomic E-state index is 0.408. The first-order valence-electron chi connectivity index (χ1n) is 14.7. The summed E-state index contributed by atoms with van der Waals surface area (Å²) in [6, 6.07) is 12.6. The van der Waals surface area contributed by atoms with Gasteiger partial charge in [-0.25, -0.2) is 0 Å². The zero-order valence-corrected chi connectivity index (χ0v) is 23.6. The van der Waals surface area contributed by atoms with Crippen LogP contribution in [0.5, 0.6) is 17.2 Å². The molecule has 202 valence electrons. The van der Waals surface area contributed by atoms with Gasteiger partial charge in [-0.2, -0.15) is 0 Å². The molecule has 0 radical (unpaired) electrons. The van der Waals surface area contributed by atoms with E-state index in [0.717, 1.165) is 68.3 Å². The summed E-state index contributed by atoms with van der Waals surface area (Å²) in [5.41, 5.74) is 4.59. The van der Waals surface area contributed by atoms with Crippen molar-refractivity contribution in [1.29, 1.82) is 0 Å². The molecular formula is C33H47NO3. The first kappa shape index (κ1) is 26.4. The Bertz CT molecular complexity index is 1080. The molecule has 0 heterocycles. The van der Waals surface area contributed by atoms with Crippen LogP contribution < -0.4 is 9.47 Å². The molecule has 2 aromatic rings. The Balaban J connectivity index is 1.23. The van der Waals surface area contributed by atoms with Crippen LogP contribution >= 0.6 is 0 Å². The first-order valence-corrected chi connectivity index (χ1v) is 14.7. The smallest absolute Gasteiger partial charge is 0.161 e. The molecule has 0 spiro atoms. The van der Waals surface area contributed by atoms with Crippen LogP contribution in [0.4, 0.5) is 0 Å². The van der Waals surface area contributed by atoms with Gasteiger partial charge in [0.05, 0.1) is 13.7 Å². The molecule has 3 aliphatic rings. The largest absolute Gasteiger partial charge is 0.508 e. The molecule has 1 unspecified atom stereocenters. The molecule has 0 bridgehead atoms. The zero-order valence-electron chi connectivity index (χ0n) is 23.6. The van der Waals surface area contributed by atoms with Crippen molar-refractivity contribution >= 4 is 0 Å². The highest BCUT2D eigenvalue weighted by Crippen LogP contribution is 2.64. The first-order chi connectivity index (χ1) is 17.9. The zero-order chi connectivity index (χ0) is 26.2. The van der Waals surface area contributed by atoms with E-state index in [4.69, 9.17) is 9.47 Å². The van der Waals surface area contributed by atoms with E-state index in [1.165, 1.54) is 42.4 Å². The topological polar surface area (TPSA) is 41.9 Å². The van der Waals surface area contributed by atoms with Gasteiger partial charge < -0.3 is 14.6 Å². The third kappa shape index (κ3) is 4.99. The fraction of sp³-hybridized carbons (Fsp3) is 0.636. The van der Waals surface area contributed by atoms with Crippen LogP contribution in [0.2, 0.25) is 0 Å². The molecule has 3 aliphatic carbocycles. The minimum Gasteiger partial charge on any atom is -0.508 e. The van der Waals surface area contributed by atoms with Gasteiger partial charge in [0.1, 0.15) is 5.75 Å². The van der Waals surface area contributed by atoms with E-state index in [1.807, 2.05) is 12.1 Å². The van der Waals surface area contributed by atoms with E-state index < -0.39 is 0 Å². The Labute approximate surface area is 224 Å². The number of phenols is 1.